The molecule has 10 rings (SSSR count). The predicted octanol–water partition coefficient (Wildman–Crippen LogP) is 4.12. The molecule has 2 saturated heterocycles. The van der Waals surface area contributed by atoms with Crippen molar-refractivity contribution in [2.75, 3.05) is 13.7 Å². The summed E-state index contributed by atoms with van der Waals surface area (Å²) in [6, 6.07) is 10.1. The number of methoxy groups -OCH3 is 1. The van der Waals surface area contributed by atoms with Crippen molar-refractivity contribution >= 4 is 28.5 Å². The zero-order valence-corrected chi connectivity index (χ0v) is 27.3. The maximum atomic E-state index is 13.8. The first-order valence-electron chi connectivity index (χ1n) is 17.2. The number of carbonyl (C=O) groups is 2. The van der Waals surface area contributed by atoms with E-state index in [9.17, 15) is 14.7 Å². The lowest BCUT2D eigenvalue weighted by atomic mass is 9.35. The summed E-state index contributed by atoms with van der Waals surface area (Å²) in [4.78, 5) is 39.3. The number of nitrogens with one attached hydrogen (secondary N) is 1. The van der Waals surface area contributed by atoms with Gasteiger partial charge in [-0.05, 0) is 101 Å². The third kappa shape index (κ3) is 4.24. The molecule has 2 aliphatic heterocycles. The largest absolute Gasteiger partial charge is 0.482 e. The molecule has 246 valence electrons. The number of pyridine rings is 2. The Balaban J connectivity index is 1.07. The maximum absolute atomic E-state index is 13.8. The Kier molecular flexibility index (Phi) is 6.23. The van der Waals surface area contributed by atoms with Gasteiger partial charge in [-0.3, -0.25) is 14.0 Å². The third-order valence-corrected chi connectivity index (χ3v) is 12.1. The number of nitrogens with zero attached hydrogens (tertiary/aromatic N) is 5. The van der Waals surface area contributed by atoms with Crippen LogP contribution in [-0.4, -0.2) is 72.6 Å². The molecular formula is C36H43N7O4. The van der Waals surface area contributed by atoms with E-state index in [0.717, 1.165) is 78.9 Å². The van der Waals surface area contributed by atoms with E-state index >= 15 is 0 Å². The van der Waals surface area contributed by atoms with E-state index in [4.69, 9.17) is 20.4 Å². The number of aryl methyl sites for hydroxylation is 1. The highest BCUT2D eigenvalue weighted by Gasteiger charge is 2.71. The van der Waals surface area contributed by atoms with Crippen LogP contribution >= 0.6 is 0 Å². The summed E-state index contributed by atoms with van der Waals surface area (Å²) in [7, 11) is 1.63. The molecule has 6 heterocycles. The van der Waals surface area contributed by atoms with Crippen LogP contribution in [0.4, 0.5) is 0 Å². The number of aromatic nitrogens is 4. The normalized spacial score (nSPS) is 29.6. The average molecular weight is 638 g/mol. The fraction of sp³-hybridized carbons (Fsp3) is 0.556. The van der Waals surface area contributed by atoms with E-state index in [1.165, 1.54) is 12.8 Å². The number of amides is 2. The Morgan fingerprint density at radius 2 is 1.91 bits per heavy atom. The van der Waals surface area contributed by atoms with Crippen LogP contribution in [0.15, 0.2) is 30.3 Å². The van der Waals surface area contributed by atoms with Gasteiger partial charge in [0.1, 0.15) is 17.0 Å². The first kappa shape index (κ1) is 29.2. The Bertz CT molecular complexity index is 1950. The number of ether oxygens (including phenoxy) is 1. The highest BCUT2D eigenvalue weighted by atomic mass is 16.5. The summed E-state index contributed by atoms with van der Waals surface area (Å²) in [6.45, 7) is 5.05. The molecule has 47 heavy (non-hydrogen) atoms. The van der Waals surface area contributed by atoms with Crippen molar-refractivity contribution in [2.45, 2.75) is 95.9 Å². The lowest BCUT2D eigenvalue weighted by Gasteiger charge is -2.68. The van der Waals surface area contributed by atoms with Gasteiger partial charge in [0.05, 0.1) is 35.6 Å². The van der Waals surface area contributed by atoms with Crippen LogP contribution in [0.2, 0.25) is 0 Å². The van der Waals surface area contributed by atoms with Crippen molar-refractivity contribution in [3.63, 3.8) is 0 Å². The van der Waals surface area contributed by atoms with E-state index in [-0.39, 0.29) is 53.4 Å². The molecular weight excluding hydrogens is 594 g/mol. The number of aliphatic hydroxyl groups excluding tert-OH is 1. The number of hydrogen-bond acceptors (Lipinski definition) is 7. The van der Waals surface area contributed by atoms with Crippen molar-refractivity contribution in [3.8, 4) is 17.3 Å². The summed E-state index contributed by atoms with van der Waals surface area (Å²) >= 11 is 0. The zero-order chi connectivity index (χ0) is 32.4. The lowest BCUT2D eigenvalue weighted by Crippen LogP contribution is -2.69. The molecule has 4 aromatic heterocycles. The molecule has 4 N–H and O–H groups in total. The van der Waals surface area contributed by atoms with Crippen molar-refractivity contribution in [1.82, 2.24) is 29.2 Å². The Hall–Kier alpha value is -3.96. The van der Waals surface area contributed by atoms with Crippen molar-refractivity contribution < 1.29 is 19.4 Å². The average Bonchev–Trinajstić information content (AvgIpc) is 3.34. The van der Waals surface area contributed by atoms with Crippen LogP contribution in [-0.2, 0) is 11.3 Å². The third-order valence-electron chi connectivity index (χ3n) is 12.1. The summed E-state index contributed by atoms with van der Waals surface area (Å²) in [6.07, 6.45) is 7.55. The van der Waals surface area contributed by atoms with Crippen molar-refractivity contribution in [2.24, 2.45) is 22.5 Å². The van der Waals surface area contributed by atoms with Gasteiger partial charge in [-0.2, -0.15) is 0 Å². The van der Waals surface area contributed by atoms with E-state index in [1.54, 1.807) is 7.11 Å². The van der Waals surface area contributed by atoms with Crippen LogP contribution in [0.3, 0.4) is 0 Å². The molecule has 4 aromatic rings. The van der Waals surface area contributed by atoms with E-state index < -0.39 is 0 Å². The van der Waals surface area contributed by atoms with Gasteiger partial charge >= 0.3 is 0 Å². The Labute approximate surface area is 273 Å². The SMILES string of the molecule is COc1cc(C(=O)N2[C@H]3CC[C@@H]2[C@H](N)C3)cc2nc(-c3cc4ccc([C@@H](C)NC(=O)C56CC(CO)(C5)C6)nc4n3CC3CC3)c(C)n12. The lowest BCUT2D eigenvalue weighted by molar-refractivity contribution is -0.220. The van der Waals surface area contributed by atoms with E-state index in [0.29, 0.717) is 23.0 Å². The molecule has 0 unspecified atom stereocenters. The van der Waals surface area contributed by atoms with Crippen molar-refractivity contribution in [1.29, 1.82) is 0 Å². The van der Waals surface area contributed by atoms with Crippen LogP contribution in [0.1, 0.15) is 86.1 Å². The monoisotopic (exact) mass is 637 g/mol. The summed E-state index contributed by atoms with van der Waals surface area (Å²) in [5, 5.41) is 13.9. The topological polar surface area (TPSA) is 140 Å². The zero-order valence-electron chi connectivity index (χ0n) is 27.3. The van der Waals surface area contributed by atoms with Gasteiger partial charge < -0.3 is 30.4 Å². The summed E-state index contributed by atoms with van der Waals surface area (Å²) in [5.41, 5.74) is 11.7. The second kappa shape index (κ2) is 10.0. The van der Waals surface area contributed by atoms with Crippen LogP contribution in [0.5, 0.6) is 5.88 Å². The van der Waals surface area contributed by atoms with Crippen LogP contribution in [0, 0.1) is 23.7 Å². The number of aliphatic hydroxyl groups is 1. The molecule has 4 atom stereocenters. The van der Waals surface area contributed by atoms with E-state index in [1.807, 2.05) is 41.3 Å². The quantitative estimate of drug-likeness (QED) is 0.251. The number of imidazole rings is 1. The molecule has 0 radical (unpaired) electrons. The molecule has 0 spiro atoms. The summed E-state index contributed by atoms with van der Waals surface area (Å²) < 4.78 is 10.1. The molecule has 4 bridgehead atoms. The Morgan fingerprint density at radius 3 is 2.57 bits per heavy atom. The first-order chi connectivity index (χ1) is 22.6. The van der Waals surface area contributed by atoms with Gasteiger partial charge in [-0.1, -0.05) is 0 Å². The van der Waals surface area contributed by atoms with Crippen LogP contribution in [0.25, 0.3) is 28.1 Å². The second-order valence-corrected chi connectivity index (χ2v) is 15.3. The smallest absolute Gasteiger partial charge is 0.254 e. The fourth-order valence-electron chi connectivity index (χ4n) is 9.45. The highest BCUT2D eigenvalue weighted by Crippen LogP contribution is 2.73. The second-order valence-electron chi connectivity index (χ2n) is 15.3. The highest BCUT2D eigenvalue weighted by molar-refractivity contribution is 5.97. The minimum Gasteiger partial charge on any atom is -0.482 e. The maximum Gasteiger partial charge on any atom is 0.254 e. The number of rotatable bonds is 9. The molecule has 6 aliphatic rings. The number of hydrogen-bond donors (Lipinski definition) is 3. The van der Waals surface area contributed by atoms with E-state index in [2.05, 4.69) is 22.0 Å². The minimum atomic E-state index is -0.312. The van der Waals surface area contributed by atoms with Gasteiger partial charge in [0.2, 0.25) is 5.91 Å². The standard InChI is InChI=1S/C36H43N7O4/c1-19(38-34(46)36-15-35(16-36,17-36)18-44)26-8-6-22-10-28(41(32(22)39-26)14-21-4-5-21)31-20(2)42-29(40-31)11-23(12-30(42)47-3)33(45)43-24-7-9-27(43)25(37)13-24/h6,8,10-12,19,21,24-25,27,44H,4-5,7,9,13-18,37H2,1-3H3,(H,38,46)/t19-,24+,25-,27-,35?,36?/m1/s1. The molecule has 11 nitrogen and oxygen atoms in total. The predicted molar refractivity (Wildman–Crippen MR) is 176 cm³/mol. The Morgan fingerprint density at radius 1 is 1.13 bits per heavy atom. The molecule has 2 amide bonds. The molecule has 4 saturated carbocycles. The van der Waals surface area contributed by atoms with Crippen LogP contribution < -0.4 is 15.8 Å². The fourth-order valence-corrected chi connectivity index (χ4v) is 9.45. The van der Waals surface area contributed by atoms with Gasteiger partial charge in [0, 0.05) is 48.3 Å². The molecule has 11 heteroatoms. The molecule has 0 aromatic carbocycles. The molecule has 6 fully saturated rings. The van der Waals surface area contributed by atoms with Gasteiger partial charge in [0.25, 0.3) is 5.91 Å². The number of nitrogens with two attached hydrogens (primary N) is 1. The first-order valence-corrected chi connectivity index (χ1v) is 17.2. The van der Waals surface area contributed by atoms with Crippen molar-refractivity contribution in [3.05, 3.63) is 47.3 Å². The molecule has 4 aliphatic carbocycles. The minimum absolute atomic E-state index is 0.00354. The number of fused-ring (bicyclic) bond motifs is 4. The van der Waals surface area contributed by atoms with Gasteiger partial charge in [-0.15, -0.1) is 0 Å². The van der Waals surface area contributed by atoms with Gasteiger partial charge in [0.15, 0.2) is 5.88 Å². The summed E-state index contributed by atoms with van der Waals surface area (Å²) in [5.74, 6) is 1.23. The van der Waals surface area contributed by atoms with Gasteiger partial charge in [-0.25, -0.2) is 9.97 Å². The number of carbonyl (C=O) groups excluding carboxylic acids is 2.